The predicted octanol–water partition coefficient (Wildman–Crippen LogP) is 5.17. The first kappa shape index (κ1) is 20.8. The molecule has 3 aromatic heterocycles. The van der Waals surface area contributed by atoms with Crippen LogP contribution in [-0.4, -0.2) is 20.4 Å². The van der Waals surface area contributed by atoms with E-state index in [1.807, 2.05) is 48.5 Å². The number of oxazole rings is 1. The molecule has 0 fully saturated rings. The zero-order chi connectivity index (χ0) is 23.1. The molecule has 34 heavy (non-hydrogen) atoms. The maximum absolute atomic E-state index is 13.1. The van der Waals surface area contributed by atoms with Gasteiger partial charge in [0.2, 0.25) is 11.8 Å². The molecule has 1 N–H and O–H groups in total. The number of para-hydroxylation sites is 2. The van der Waals surface area contributed by atoms with E-state index >= 15 is 0 Å². The number of aryl methyl sites for hydroxylation is 3. The van der Waals surface area contributed by atoms with Crippen molar-refractivity contribution in [1.82, 2.24) is 14.5 Å². The Hall–Kier alpha value is -3.78. The van der Waals surface area contributed by atoms with E-state index < -0.39 is 0 Å². The highest BCUT2D eigenvalue weighted by Gasteiger charge is 2.20. The number of rotatable bonds is 5. The fourth-order valence-corrected chi connectivity index (χ4v) is 5.70. The molecule has 8 heteroatoms. The molecule has 0 saturated heterocycles. The summed E-state index contributed by atoms with van der Waals surface area (Å²) in [6.07, 6.45) is 6.01. The second kappa shape index (κ2) is 8.53. The lowest BCUT2D eigenvalue weighted by Crippen LogP contribution is -2.24. The first-order valence-electron chi connectivity index (χ1n) is 11.4. The number of hydrogen-bond donors (Lipinski definition) is 1. The smallest absolute Gasteiger partial charge is 0.262 e. The minimum Gasteiger partial charge on any atom is -0.436 e. The van der Waals surface area contributed by atoms with Gasteiger partial charge >= 0.3 is 0 Å². The summed E-state index contributed by atoms with van der Waals surface area (Å²) in [5, 5.41) is 3.64. The topological polar surface area (TPSA) is 90.0 Å². The molecular weight excluding hydrogens is 448 g/mol. The molecule has 2 aromatic carbocycles. The van der Waals surface area contributed by atoms with Crippen LogP contribution in [0.4, 0.5) is 5.69 Å². The number of aromatic nitrogens is 3. The van der Waals surface area contributed by atoms with Crippen LogP contribution in [0.3, 0.4) is 0 Å². The Balaban J connectivity index is 1.13. The molecule has 5 aromatic rings. The van der Waals surface area contributed by atoms with Crippen molar-refractivity contribution in [1.29, 1.82) is 0 Å². The van der Waals surface area contributed by atoms with E-state index in [0.717, 1.165) is 46.1 Å². The highest BCUT2D eigenvalue weighted by atomic mass is 32.1. The van der Waals surface area contributed by atoms with Gasteiger partial charge in [-0.3, -0.25) is 14.2 Å². The van der Waals surface area contributed by atoms with Crippen LogP contribution in [0.1, 0.15) is 29.7 Å². The van der Waals surface area contributed by atoms with Crippen LogP contribution in [0.15, 0.2) is 64.1 Å². The van der Waals surface area contributed by atoms with Crippen molar-refractivity contribution in [3.63, 3.8) is 0 Å². The summed E-state index contributed by atoms with van der Waals surface area (Å²) in [5.41, 5.74) is 4.18. The normalized spacial score (nSPS) is 13.3. The average Bonchev–Trinajstić information content (AvgIpc) is 3.46. The Morgan fingerprint density at radius 1 is 1.09 bits per heavy atom. The van der Waals surface area contributed by atoms with Crippen LogP contribution in [-0.2, 0) is 24.2 Å². The lowest BCUT2D eigenvalue weighted by molar-refractivity contribution is -0.116. The Kier molecular flexibility index (Phi) is 5.22. The molecule has 0 atom stereocenters. The maximum Gasteiger partial charge on any atom is 0.262 e. The van der Waals surface area contributed by atoms with Crippen LogP contribution in [0, 0.1) is 0 Å². The molecule has 1 aliphatic rings. The standard InChI is InChI=1S/C26H22N4O3S/c31-22(13-14-30-15-27-25-23(26(30)32)18-5-1-4-8-21(18)34-25)28-17-11-9-16(10-12-17)24-29-19-6-2-3-7-20(19)33-24/h2-3,6-7,9-12,15H,1,4-5,8,13-14H2,(H,28,31). The number of nitrogens with one attached hydrogen (secondary N) is 1. The van der Waals surface area contributed by atoms with Gasteiger partial charge in [-0.1, -0.05) is 12.1 Å². The average molecular weight is 471 g/mol. The third kappa shape index (κ3) is 3.80. The van der Waals surface area contributed by atoms with Crippen LogP contribution in [0.2, 0.25) is 0 Å². The van der Waals surface area contributed by atoms with E-state index in [1.165, 1.54) is 16.9 Å². The molecular formula is C26H22N4O3S. The van der Waals surface area contributed by atoms with Gasteiger partial charge in [0, 0.05) is 29.1 Å². The van der Waals surface area contributed by atoms with Crippen molar-refractivity contribution in [2.24, 2.45) is 0 Å². The van der Waals surface area contributed by atoms with Gasteiger partial charge < -0.3 is 9.73 Å². The molecule has 6 rings (SSSR count). The van der Waals surface area contributed by atoms with E-state index in [1.54, 1.807) is 22.2 Å². The van der Waals surface area contributed by atoms with Gasteiger partial charge in [0.25, 0.3) is 5.56 Å². The summed E-state index contributed by atoms with van der Waals surface area (Å²) in [6, 6.07) is 15.0. The summed E-state index contributed by atoms with van der Waals surface area (Å²) < 4.78 is 7.35. The van der Waals surface area contributed by atoms with E-state index in [2.05, 4.69) is 15.3 Å². The molecule has 0 unspecified atom stereocenters. The first-order valence-corrected chi connectivity index (χ1v) is 12.2. The van der Waals surface area contributed by atoms with Gasteiger partial charge in [0.1, 0.15) is 10.3 Å². The van der Waals surface area contributed by atoms with Gasteiger partial charge in [-0.05, 0) is 67.6 Å². The van der Waals surface area contributed by atoms with Crippen molar-refractivity contribution in [2.75, 3.05) is 5.32 Å². The Labute approximate surface area is 199 Å². The molecule has 3 heterocycles. The van der Waals surface area contributed by atoms with Gasteiger partial charge in [0.05, 0.1) is 11.7 Å². The number of hydrogen-bond acceptors (Lipinski definition) is 6. The number of carbonyl (C=O) groups is 1. The zero-order valence-electron chi connectivity index (χ0n) is 18.4. The minimum atomic E-state index is -0.158. The summed E-state index contributed by atoms with van der Waals surface area (Å²) >= 11 is 1.63. The highest BCUT2D eigenvalue weighted by molar-refractivity contribution is 7.18. The maximum atomic E-state index is 13.1. The predicted molar refractivity (Wildman–Crippen MR) is 133 cm³/mol. The van der Waals surface area contributed by atoms with Gasteiger partial charge in [0.15, 0.2) is 5.58 Å². The van der Waals surface area contributed by atoms with Crippen LogP contribution in [0.5, 0.6) is 0 Å². The van der Waals surface area contributed by atoms with Crippen molar-refractivity contribution >= 4 is 44.2 Å². The van der Waals surface area contributed by atoms with Gasteiger partial charge in [-0.15, -0.1) is 11.3 Å². The van der Waals surface area contributed by atoms with Crippen LogP contribution in [0.25, 0.3) is 32.8 Å². The summed E-state index contributed by atoms with van der Waals surface area (Å²) in [7, 11) is 0. The molecule has 170 valence electrons. The fraction of sp³-hybridized carbons (Fsp3) is 0.231. The van der Waals surface area contributed by atoms with E-state index in [9.17, 15) is 9.59 Å². The first-order chi connectivity index (χ1) is 16.7. The summed E-state index contributed by atoms with van der Waals surface area (Å²) in [4.78, 5) is 36.7. The van der Waals surface area contributed by atoms with E-state index in [-0.39, 0.29) is 17.9 Å². The molecule has 0 bridgehead atoms. The van der Waals surface area contributed by atoms with Crippen LogP contribution < -0.4 is 10.9 Å². The second-order valence-electron chi connectivity index (χ2n) is 8.50. The SMILES string of the molecule is O=C(CCn1cnc2sc3c(c2c1=O)CCCC3)Nc1ccc(-c2nc3ccccc3o2)cc1. The molecule has 0 aliphatic heterocycles. The van der Waals surface area contributed by atoms with Crippen molar-refractivity contribution < 1.29 is 9.21 Å². The highest BCUT2D eigenvalue weighted by Crippen LogP contribution is 2.33. The summed E-state index contributed by atoms with van der Waals surface area (Å²) in [5.74, 6) is 0.380. The van der Waals surface area contributed by atoms with E-state index in [4.69, 9.17) is 4.42 Å². The zero-order valence-corrected chi connectivity index (χ0v) is 19.2. The van der Waals surface area contributed by atoms with Crippen molar-refractivity contribution in [2.45, 2.75) is 38.6 Å². The largest absolute Gasteiger partial charge is 0.436 e. The third-order valence-electron chi connectivity index (χ3n) is 6.23. The molecule has 1 amide bonds. The monoisotopic (exact) mass is 470 g/mol. The molecule has 1 aliphatic carbocycles. The fourth-order valence-electron chi connectivity index (χ4n) is 4.48. The number of fused-ring (bicyclic) bond motifs is 4. The Bertz CT molecular complexity index is 1550. The quantitative estimate of drug-likeness (QED) is 0.383. The second-order valence-corrected chi connectivity index (χ2v) is 9.58. The minimum absolute atomic E-state index is 0.0418. The molecule has 0 spiro atoms. The van der Waals surface area contributed by atoms with E-state index in [0.29, 0.717) is 18.1 Å². The van der Waals surface area contributed by atoms with Crippen molar-refractivity contribution in [3.8, 4) is 11.5 Å². The third-order valence-corrected chi connectivity index (χ3v) is 7.43. The number of thiophene rings is 1. The Morgan fingerprint density at radius 2 is 1.91 bits per heavy atom. The summed E-state index contributed by atoms with van der Waals surface area (Å²) in [6.45, 7) is 0.291. The number of carbonyl (C=O) groups excluding carboxylic acids is 1. The number of nitrogens with zero attached hydrogens (tertiary/aromatic N) is 3. The lowest BCUT2D eigenvalue weighted by atomic mass is 9.97. The van der Waals surface area contributed by atoms with Crippen LogP contribution >= 0.6 is 11.3 Å². The van der Waals surface area contributed by atoms with Gasteiger partial charge in [-0.25, -0.2) is 9.97 Å². The Morgan fingerprint density at radius 3 is 2.76 bits per heavy atom. The molecule has 7 nitrogen and oxygen atoms in total. The number of amides is 1. The molecule has 0 radical (unpaired) electrons. The van der Waals surface area contributed by atoms with Gasteiger partial charge in [-0.2, -0.15) is 0 Å². The lowest BCUT2D eigenvalue weighted by Gasteiger charge is -2.10. The molecule has 0 saturated carbocycles. The van der Waals surface area contributed by atoms with Crippen molar-refractivity contribution in [3.05, 3.63) is 75.7 Å². The number of anilines is 1. The number of benzene rings is 2.